The molecule has 0 saturated carbocycles. The molecule has 1 aliphatic rings. The second-order valence-corrected chi connectivity index (χ2v) is 6.08. The van der Waals surface area contributed by atoms with Crippen molar-refractivity contribution in [3.63, 3.8) is 0 Å². The molecule has 0 aromatic heterocycles. The van der Waals surface area contributed by atoms with Crippen molar-refractivity contribution in [2.75, 3.05) is 31.1 Å². The Morgan fingerprint density at radius 1 is 1.45 bits per heavy atom. The van der Waals surface area contributed by atoms with Crippen LogP contribution in [0.2, 0.25) is 0 Å². The Morgan fingerprint density at radius 3 is 2.75 bits per heavy atom. The van der Waals surface area contributed by atoms with Gasteiger partial charge in [0.1, 0.15) is 0 Å². The summed E-state index contributed by atoms with van der Waals surface area (Å²) in [5, 5.41) is 3.38. The van der Waals surface area contributed by atoms with Gasteiger partial charge in [0.2, 0.25) is 0 Å². The highest BCUT2D eigenvalue weighted by atomic mass is 79.9. The van der Waals surface area contributed by atoms with E-state index in [-0.39, 0.29) is 5.91 Å². The number of benzene rings is 1. The van der Waals surface area contributed by atoms with Gasteiger partial charge in [0.25, 0.3) is 5.91 Å². The number of nitrogens with zero attached hydrogens (tertiary/aromatic N) is 1. The first-order valence-electron chi connectivity index (χ1n) is 7.17. The minimum absolute atomic E-state index is 0.378. The van der Waals surface area contributed by atoms with E-state index in [0.29, 0.717) is 11.5 Å². The smallest absolute Gasteiger partial charge is 0.251 e. The van der Waals surface area contributed by atoms with E-state index in [4.69, 9.17) is 5.73 Å². The summed E-state index contributed by atoms with van der Waals surface area (Å²) in [4.78, 5) is 14.0. The average Bonchev–Trinajstić information content (AvgIpc) is 2.45. The maximum Gasteiger partial charge on any atom is 0.251 e. The normalized spacial score (nSPS) is 16.1. The predicted octanol–water partition coefficient (Wildman–Crippen LogP) is 2.37. The van der Waals surface area contributed by atoms with Crippen molar-refractivity contribution in [2.45, 2.75) is 19.8 Å². The number of amides is 1. The lowest BCUT2D eigenvalue weighted by atomic mass is 9.97. The van der Waals surface area contributed by atoms with Crippen LogP contribution in [0.25, 0.3) is 0 Å². The molecule has 5 heteroatoms. The summed E-state index contributed by atoms with van der Waals surface area (Å²) < 4.78 is 0.770. The Morgan fingerprint density at radius 2 is 2.15 bits per heavy atom. The number of primary amides is 1. The SMILES string of the molecule is CCN(CC1CCNCC1)c1cccc(Br)c1C(N)=O. The van der Waals surface area contributed by atoms with Crippen LogP contribution < -0.4 is 16.0 Å². The molecule has 1 amide bonds. The van der Waals surface area contributed by atoms with Gasteiger partial charge in [-0.3, -0.25) is 4.79 Å². The first-order chi connectivity index (χ1) is 9.63. The highest BCUT2D eigenvalue weighted by Crippen LogP contribution is 2.29. The van der Waals surface area contributed by atoms with E-state index in [0.717, 1.165) is 36.3 Å². The van der Waals surface area contributed by atoms with Gasteiger partial charge in [-0.15, -0.1) is 0 Å². The Balaban J connectivity index is 2.22. The van der Waals surface area contributed by atoms with Crippen molar-refractivity contribution >= 4 is 27.5 Å². The van der Waals surface area contributed by atoms with E-state index in [1.54, 1.807) is 0 Å². The van der Waals surface area contributed by atoms with Gasteiger partial charge in [0.05, 0.1) is 11.3 Å². The number of carbonyl (C=O) groups is 1. The van der Waals surface area contributed by atoms with Crippen LogP contribution in [0.4, 0.5) is 5.69 Å². The molecule has 1 aromatic rings. The quantitative estimate of drug-likeness (QED) is 0.865. The molecule has 0 aliphatic carbocycles. The van der Waals surface area contributed by atoms with Crippen molar-refractivity contribution in [1.29, 1.82) is 0 Å². The summed E-state index contributed by atoms with van der Waals surface area (Å²) in [5.41, 5.74) is 7.06. The molecule has 0 spiro atoms. The maximum atomic E-state index is 11.7. The van der Waals surface area contributed by atoms with Gasteiger partial charge in [-0.2, -0.15) is 0 Å². The highest BCUT2D eigenvalue weighted by molar-refractivity contribution is 9.10. The van der Waals surface area contributed by atoms with E-state index in [1.165, 1.54) is 12.8 Å². The second-order valence-electron chi connectivity index (χ2n) is 5.23. The Hall–Kier alpha value is -1.07. The number of nitrogens with two attached hydrogens (primary N) is 1. The minimum atomic E-state index is -0.378. The van der Waals surface area contributed by atoms with Gasteiger partial charge in [-0.05, 0) is 66.8 Å². The number of piperidine rings is 1. The summed E-state index contributed by atoms with van der Waals surface area (Å²) >= 11 is 3.43. The number of hydrogen-bond donors (Lipinski definition) is 2. The molecule has 0 atom stereocenters. The molecule has 110 valence electrons. The van der Waals surface area contributed by atoms with Crippen molar-refractivity contribution < 1.29 is 4.79 Å². The van der Waals surface area contributed by atoms with Gasteiger partial charge in [0, 0.05) is 17.6 Å². The summed E-state index contributed by atoms with van der Waals surface area (Å²) in [5.74, 6) is 0.298. The Labute approximate surface area is 128 Å². The average molecular weight is 340 g/mol. The van der Waals surface area contributed by atoms with E-state index in [2.05, 4.69) is 33.1 Å². The molecule has 0 bridgehead atoms. The van der Waals surface area contributed by atoms with Crippen molar-refractivity contribution in [3.05, 3.63) is 28.2 Å². The lowest BCUT2D eigenvalue weighted by molar-refractivity contribution is 0.1000. The molecular formula is C15H22BrN3O. The fourth-order valence-corrected chi connectivity index (χ4v) is 3.35. The third kappa shape index (κ3) is 3.52. The zero-order chi connectivity index (χ0) is 14.5. The van der Waals surface area contributed by atoms with Crippen LogP contribution in [-0.2, 0) is 0 Å². The molecule has 1 heterocycles. The zero-order valence-corrected chi connectivity index (χ0v) is 13.4. The molecule has 0 radical (unpaired) electrons. The standard InChI is InChI=1S/C15H22BrN3O/c1-2-19(10-11-6-8-18-9-7-11)13-5-3-4-12(16)14(13)15(17)20/h3-5,11,18H,2,6-10H2,1H3,(H2,17,20). The summed E-state index contributed by atoms with van der Waals surface area (Å²) in [7, 11) is 0. The van der Waals surface area contributed by atoms with Crippen molar-refractivity contribution in [1.82, 2.24) is 5.32 Å². The number of halogens is 1. The molecule has 1 saturated heterocycles. The first kappa shape index (κ1) is 15.3. The molecule has 4 nitrogen and oxygen atoms in total. The number of rotatable bonds is 5. The molecule has 20 heavy (non-hydrogen) atoms. The number of anilines is 1. The van der Waals surface area contributed by atoms with Crippen molar-refractivity contribution in [3.8, 4) is 0 Å². The van der Waals surface area contributed by atoms with Crippen LogP contribution in [0, 0.1) is 5.92 Å². The number of carbonyl (C=O) groups excluding carboxylic acids is 1. The van der Waals surface area contributed by atoms with Gasteiger partial charge in [0.15, 0.2) is 0 Å². The monoisotopic (exact) mass is 339 g/mol. The van der Waals surface area contributed by atoms with Gasteiger partial charge in [-0.25, -0.2) is 0 Å². The molecule has 3 N–H and O–H groups in total. The van der Waals surface area contributed by atoms with E-state index in [1.807, 2.05) is 18.2 Å². The molecule has 2 rings (SSSR count). The van der Waals surface area contributed by atoms with Gasteiger partial charge < -0.3 is 16.0 Å². The predicted molar refractivity (Wildman–Crippen MR) is 86.1 cm³/mol. The van der Waals surface area contributed by atoms with Crippen LogP contribution in [-0.4, -0.2) is 32.1 Å². The summed E-state index contributed by atoms with van der Waals surface area (Å²) in [6.07, 6.45) is 2.38. The Bertz CT molecular complexity index is 472. The zero-order valence-electron chi connectivity index (χ0n) is 11.9. The van der Waals surface area contributed by atoms with Crippen LogP contribution >= 0.6 is 15.9 Å². The van der Waals surface area contributed by atoms with Crippen LogP contribution in [0.15, 0.2) is 22.7 Å². The third-order valence-electron chi connectivity index (χ3n) is 3.90. The second kappa shape index (κ2) is 7.09. The highest BCUT2D eigenvalue weighted by Gasteiger charge is 2.20. The van der Waals surface area contributed by atoms with Crippen LogP contribution in [0.1, 0.15) is 30.1 Å². The van der Waals surface area contributed by atoms with E-state index < -0.39 is 0 Å². The minimum Gasteiger partial charge on any atom is -0.371 e. The van der Waals surface area contributed by atoms with Crippen LogP contribution in [0.5, 0.6) is 0 Å². The van der Waals surface area contributed by atoms with E-state index in [9.17, 15) is 4.79 Å². The summed E-state index contributed by atoms with van der Waals surface area (Å²) in [6.45, 7) is 6.15. The first-order valence-corrected chi connectivity index (χ1v) is 7.96. The maximum absolute atomic E-state index is 11.7. The van der Waals surface area contributed by atoms with Crippen LogP contribution in [0.3, 0.4) is 0 Å². The topological polar surface area (TPSA) is 58.4 Å². The van der Waals surface area contributed by atoms with E-state index >= 15 is 0 Å². The molecular weight excluding hydrogens is 318 g/mol. The van der Waals surface area contributed by atoms with Gasteiger partial charge >= 0.3 is 0 Å². The largest absolute Gasteiger partial charge is 0.371 e. The van der Waals surface area contributed by atoms with Crippen molar-refractivity contribution in [2.24, 2.45) is 11.7 Å². The van der Waals surface area contributed by atoms with Gasteiger partial charge in [-0.1, -0.05) is 6.07 Å². The lowest BCUT2D eigenvalue weighted by Crippen LogP contribution is -2.37. The third-order valence-corrected chi connectivity index (χ3v) is 4.56. The molecule has 1 fully saturated rings. The molecule has 1 aliphatic heterocycles. The molecule has 1 aromatic carbocycles. The molecule has 0 unspecified atom stereocenters. The Kier molecular flexibility index (Phi) is 5.43. The number of hydrogen-bond acceptors (Lipinski definition) is 3. The fraction of sp³-hybridized carbons (Fsp3) is 0.533. The number of nitrogens with one attached hydrogen (secondary N) is 1. The summed E-state index contributed by atoms with van der Waals surface area (Å²) in [6, 6.07) is 5.80. The fourth-order valence-electron chi connectivity index (χ4n) is 2.79. The lowest BCUT2D eigenvalue weighted by Gasteiger charge is -2.32.